The van der Waals surface area contributed by atoms with Gasteiger partial charge in [0.2, 0.25) is 0 Å². The molecule has 4 N–H and O–H groups in total. The summed E-state index contributed by atoms with van der Waals surface area (Å²) in [5, 5.41) is 47.9. The van der Waals surface area contributed by atoms with Crippen LogP contribution >= 0.6 is 0 Å². The van der Waals surface area contributed by atoms with Gasteiger partial charge in [0.15, 0.2) is 29.1 Å². The molecule has 2 bridgehead atoms. The van der Waals surface area contributed by atoms with Crippen LogP contribution < -0.4 is 14.8 Å². The fourth-order valence-electron chi connectivity index (χ4n) is 10.3. The average Bonchev–Trinajstić information content (AvgIpc) is 3.61. The minimum absolute atomic E-state index is 0.0629. The second-order valence-electron chi connectivity index (χ2n) is 14.6. The van der Waals surface area contributed by atoms with E-state index in [4.69, 9.17) is 19.7 Å². The predicted octanol–water partition coefficient (Wildman–Crippen LogP) is 5.34. The van der Waals surface area contributed by atoms with Gasteiger partial charge in [-0.3, -0.25) is 4.90 Å². The molecule has 5 aliphatic rings. The minimum Gasteiger partial charge on any atom is -0.504 e. The Bertz CT molecular complexity index is 1720. The number of piperidine rings is 1. The van der Waals surface area contributed by atoms with E-state index in [-0.39, 0.29) is 28.9 Å². The Morgan fingerprint density at radius 3 is 2.31 bits per heavy atom. The van der Waals surface area contributed by atoms with E-state index in [9.17, 15) is 15.3 Å². The number of benzene rings is 2. The molecule has 2 aromatic carbocycles. The quantitative estimate of drug-likeness (QED) is 0.155. The fourth-order valence-corrected chi connectivity index (χ4v) is 10.3. The lowest BCUT2D eigenvalue weighted by atomic mass is 9.55. The number of nitrogens with zero attached hydrogens (tertiary/aromatic N) is 3. The zero-order valence-corrected chi connectivity index (χ0v) is 28.9. The lowest BCUT2D eigenvalue weighted by Crippen LogP contribution is -2.68. The third kappa shape index (κ3) is 4.26. The van der Waals surface area contributed by atoms with Gasteiger partial charge in [0.05, 0.1) is 22.4 Å². The first kappa shape index (κ1) is 32.9. The van der Waals surface area contributed by atoms with E-state index in [0.717, 1.165) is 48.3 Å². The molecule has 2 aromatic rings. The van der Waals surface area contributed by atoms with Crippen molar-refractivity contribution in [3.05, 3.63) is 71.8 Å². The third-order valence-corrected chi connectivity index (χ3v) is 12.7. The molecule has 9 nitrogen and oxygen atoms in total. The minimum atomic E-state index is -1.24. The average molecular weight is 655 g/mol. The van der Waals surface area contributed by atoms with Crippen LogP contribution in [-0.2, 0) is 23.7 Å². The molecule has 0 amide bonds. The summed E-state index contributed by atoms with van der Waals surface area (Å²) < 4.78 is 13.4. The van der Waals surface area contributed by atoms with Crippen LogP contribution in [0.1, 0.15) is 76.1 Å². The van der Waals surface area contributed by atoms with E-state index in [1.54, 1.807) is 18.2 Å². The van der Waals surface area contributed by atoms with E-state index in [1.807, 2.05) is 32.9 Å². The van der Waals surface area contributed by atoms with Gasteiger partial charge in [-0.2, -0.15) is 10.2 Å². The van der Waals surface area contributed by atoms with Gasteiger partial charge < -0.3 is 30.1 Å². The van der Waals surface area contributed by atoms with Crippen molar-refractivity contribution < 1.29 is 24.8 Å². The van der Waals surface area contributed by atoms with Crippen molar-refractivity contribution in [1.29, 1.82) is 0 Å². The zero-order chi connectivity index (χ0) is 34.2. The van der Waals surface area contributed by atoms with Crippen molar-refractivity contribution >= 4 is 11.4 Å². The number of hydrogen-bond acceptors (Lipinski definition) is 9. The number of hydrogen-bond donors (Lipinski definition) is 4. The highest BCUT2D eigenvalue weighted by molar-refractivity contribution is 5.95. The number of nitrogens with one attached hydrogen (secondary N) is 1. The smallest absolute Gasteiger partial charge is 0.166 e. The Balaban J connectivity index is 1.30. The molecular weight excluding hydrogens is 604 g/mol. The molecule has 256 valence electrons. The molecule has 48 heavy (non-hydrogen) atoms. The zero-order valence-electron chi connectivity index (χ0n) is 28.9. The van der Waals surface area contributed by atoms with Crippen molar-refractivity contribution in [2.75, 3.05) is 19.6 Å². The van der Waals surface area contributed by atoms with E-state index in [1.165, 1.54) is 5.56 Å². The van der Waals surface area contributed by atoms with Gasteiger partial charge in [0, 0.05) is 41.7 Å². The molecular formula is C39H50N4O5. The summed E-state index contributed by atoms with van der Waals surface area (Å²) in [7, 11) is 0. The Morgan fingerprint density at radius 2 is 1.67 bits per heavy atom. The van der Waals surface area contributed by atoms with Gasteiger partial charge >= 0.3 is 0 Å². The second kappa shape index (κ2) is 11.7. The molecule has 3 heterocycles. The molecule has 1 saturated heterocycles. The third-order valence-electron chi connectivity index (χ3n) is 12.7. The molecule has 1 spiro atoms. The molecule has 0 radical (unpaired) electrons. The normalized spacial score (nSPS) is 35.0. The highest BCUT2D eigenvalue weighted by Gasteiger charge is 2.66. The maximum absolute atomic E-state index is 12.5. The molecule has 7 rings (SSSR count). The fraction of sp³-hybridized carbons (Fsp3) is 0.538. The number of rotatable bonds is 10. The highest BCUT2D eigenvalue weighted by Crippen LogP contribution is 2.61. The molecule has 0 saturated carbocycles. The van der Waals surface area contributed by atoms with E-state index in [2.05, 4.69) is 43.3 Å². The van der Waals surface area contributed by atoms with Crippen LogP contribution in [0.25, 0.3) is 0 Å². The number of phenolic OH excluding ortho intramolecular Hbond substituents is 2. The van der Waals surface area contributed by atoms with Gasteiger partial charge in [-0.15, -0.1) is 13.2 Å². The van der Waals surface area contributed by atoms with Gasteiger partial charge in [0.25, 0.3) is 0 Å². The van der Waals surface area contributed by atoms with Crippen molar-refractivity contribution in [2.45, 2.75) is 107 Å². The molecule has 2 aliphatic carbocycles. The van der Waals surface area contributed by atoms with Crippen LogP contribution in [0.4, 0.5) is 0 Å². The number of phenols is 2. The van der Waals surface area contributed by atoms with Gasteiger partial charge in [0.1, 0.15) is 6.10 Å². The number of aromatic hydroxyl groups is 2. The molecule has 3 aliphatic heterocycles. The number of ether oxygens (including phenoxy) is 2. The second-order valence-corrected chi connectivity index (χ2v) is 14.6. The van der Waals surface area contributed by atoms with Crippen LogP contribution in [-0.4, -0.2) is 81.2 Å². The molecule has 1 fully saturated rings. The van der Waals surface area contributed by atoms with Crippen LogP contribution in [0.5, 0.6) is 23.0 Å². The number of fused-ring (bicyclic) bond motifs is 1. The number of likely N-dealkylation sites (tertiary alicyclic amines) is 1. The summed E-state index contributed by atoms with van der Waals surface area (Å²) in [4.78, 5) is 2.52. The summed E-state index contributed by atoms with van der Waals surface area (Å²) in [5.74, 6) is 1.48. The maximum Gasteiger partial charge on any atom is 0.166 e. The van der Waals surface area contributed by atoms with Crippen molar-refractivity contribution in [2.24, 2.45) is 16.1 Å². The van der Waals surface area contributed by atoms with Gasteiger partial charge in [-0.05, 0) is 81.7 Å². The summed E-state index contributed by atoms with van der Waals surface area (Å²) in [6.45, 7) is 20.4. The van der Waals surface area contributed by atoms with Crippen molar-refractivity contribution in [3.8, 4) is 23.0 Å². The van der Waals surface area contributed by atoms with E-state index in [0.29, 0.717) is 49.1 Å². The van der Waals surface area contributed by atoms with Crippen LogP contribution in [0.3, 0.4) is 0 Å². The topological polar surface area (TPSA) is 119 Å². The first-order valence-corrected chi connectivity index (χ1v) is 17.6. The Hall–Kier alpha value is -3.66. The first-order chi connectivity index (χ1) is 23.0. The summed E-state index contributed by atoms with van der Waals surface area (Å²) in [6, 6.07) is 7.49. The molecule has 0 unspecified atom stereocenters. The largest absolute Gasteiger partial charge is 0.504 e. The van der Waals surface area contributed by atoms with Crippen molar-refractivity contribution in [1.82, 2.24) is 10.2 Å². The van der Waals surface area contributed by atoms with Gasteiger partial charge in [-0.25, -0.2) is 0 Å². The maximum atomic E-state index is 12.5. The lowest BCUT2D eigenvalue weighted by molar-refractivity contribution is -0.0803. The van der Waals surface area contributed by atoms with Gasteiger partial charge in [-0.1, -0.05) is 45.1 Å². The number of aliphatic hydroxyl groups is 1. The SMILES string of the molecule is C=CCN[C@@H]1Cc2ccc(O)c3c2[C@@](CC)([C@H](/C(CC)=N/N=C(\C)[C@@H]2Oc4c(O)ccc5c4[C@@]24CCN(CC=C)[C@H](C5)[C@@H]4C)O3)[C@]1(C)O. The molecule has 0 aromatic heterocycles. The van der Waals surface area contributed by atoms with Crippen LogP contribution in [0, 0.1) is 5.92 Å². The monoisotopic (exact) mass is 654 g/mol. The Morgan fingerprint density at radius 1 is 1.00 bits per heavy atom. The lowest BCUT2D eigenvalue weighted by Gasteiger charge is -2.55. The van der Waals surface area contributed by atoms with E-state index >= 15 is 0 Å². The van der Waals surface area contributed by atoms with Crippen LogP contribution in [0.15, 0.2) is 59.8 Å². The summed E-state index contributed by atoms with van der Waals surface area (Å²) in [6.07, 6.45) is 6.20. The molecule has 8 atom stereocenters. The Kier molecular flexibility index (Phi) is 8.04. The highest BCUT2D eigenvalue weighted by atomic mass is 16.5. The first-order valence-electron chi connectivity index (χ1n) is 17.6. The predicted molar refractivity (Wildman–Crippen MR) is 189 cm³/mol. The van der Waals surface area contributed by atoms with E-state index < -0.39 is 23.2 Å². The van der Waals surface area contributed by atoms with Crippen LogP contribution in [0.2, 0.25) is 0 Å². The summed E-state index contributed by atoms with van der Waals surface area (Å²) >= 11 is 0. The molecule has 9 heteroatoms. The standard InChI is InChI=1S/C39H50N4O5/c1-8-17-40-30-21-25-13-15-29(45)34-32(25)39(11-4,37(30,7)46)36(48-34)26(10-3)42-41-23(6)35-38-16-19-43(18-9-2)27(22(38)5)20-24-12-14-28(44)33(47-35)31(24)38/h8-9,12-15,22,27,30,35-36,40,44-46H,1-2,10-11,16-21H2,3-7H3/b41-23+,42-26+/t22-,27+,30+,35-,36-,37+,38-,39-/m0/s1. The van der Waals surface area contributed by atoms with Crippen molar-refractivity contribution in [3.63, 3.8) is 0 Å². The Labute approximate surface area is 284 Å². The summed E-state index contributed by atoms with van der Waals surface area (Å²) in [5.41, 5.74) is 3.22.